The molecule has 0 radical (unpaired) electrons. The van der Waals surface area contributed by atoms with Crippen molar-refractivity contribution < 1.29 is 28.3 Å². The SMILES string of the molecule is COC(=O)c1ccc(COc2ccc(/C=N/Nc3ccc([N+](=O)[O-])cc3)cc2OC)o1. The molecule has 3 rings (SSSR count). The number of benzene rings is 2. The molecule has 0 unspecified atom stereocenters. The summed E-state index contributed by atoms with van der Waals surface area (Å²) < 4.78 is 21.0. The number of methoxy groups -OCH3 is 2. The average molecular weight is 425 g/mol. The molecule has 0 spiro atoms. The van der Waals surface area contributed by atoms with Crippen molar-refractivity contribution in [1.82, 2.24) is 0 Å². The van der Waals surface area contributed by atoms with E-state index in [2.05, 4.69) is 15.3 Å². The maximum Gasteiger partial charge on any atom is 0.373 e. The first-order chi connectivity index (χ1) is 15.0. The van der Waals surface area contributed by atoms with Gasteiger partial charge in [-0.3, -0.25) is 15.5 Å². The van der Waals surface area contributed by atoms with Gasteiger partial charge in [0.15, 0.2) is 11.5 Å². The van der Waals surface area contributed by atoms with E-state index in [1.54, 1.807) is 42.6 Å². The van der Waals surface area contributed by atoms with Gasteiger partial charge in [-0.15, -0.1) is 0 Å². The van der Waals surface area contributed by atoms with E-state index in [9.17, 15) is 14.9 Å². The van der Waals surface area contributed by atoms with Crippen molar-refractivity contribution in [1.29, 1.82) is 0 Å². The Morgan fingerprint density at radius 1 is 1.13 bits per heavy atom. The number of hydrogen-bond donors (Lipinski definition) is 1. The molecule has 0 bridgehead atoms. The summed E-state index contributed by atoms with van der Waals surface area (Å²) in [5.41, 5.74) is 4.15. The van der Waals surface area contributed by atoms with Crippen LogP contribution in [0.25, 0.3) is 0 Å². The van der Waals surface area contributed by atoms with Gasteiger partial charge in [-0.05, 0) is 48.0 Å². The number of carbonyl (C=O) groups is 1. The van der Waals surface area contributed by atoms with Gasteiger partial charge in [0.2, 0.25) is 5.76 Å². The molecule has 0 fully saturated rings. The molecule has 2 aromatic carbocycles. The smallest absolute Gasteiger partial charge is 0.373 e. The van der Waals surface area contributed by atoms with Crippen molar-refractivity contribution in [3.05, 3.63) is 81.8 Å². The number of nitro groups is 1. The van der Waals surface area contributed by atoms with E-state index < -0.39 is 10.9 Å². The number of anilines is 1. The zero-order valence-corrected chi connectivity index (χ0v) is 16.7. The molecule has 10 nitrogen and oxygen atoms in total. The molecule has 10 heteroatoms. The summed E-state index contributed by atoms with van der Waals surface area (Å²) in [6, 6.07) is 14.3. The van der Waals surface area contributed by atoms with Gasteiger partial charge in [-0.25, -0.2) is 4.79 Å². The van der Waals surface area contributed by atoms with Crippen molar-refractivity contribution in [2.75, 3.05) is 19.6 Å². The van der Waals surface area contributed by atoms with E-state index in [-0.39, 0.29) is 18.1 Å². The van der Waals surface area contributed by atoms with Gasteiger partial charge in [0, 0.05) is 12.1 Å². The Bertz CT molecular complexity index is 1090. The lowest BCUT2D eigenvalue weighted by atomic mass is 10.2. The first kappa shape index (κ1) is 21.4. The van der Waals surface area contributed by atoms with Gasteiger partial charge in [-0.2, -0.15) is 5.10 Å². The van der Waals surface area contributed by atoms with Crippen LogP contribution in [-0.2, 0) is 11.3 Å². The van der Waals surface area contributed by atoms with Gasteiger partial charge in [0.05, 0.1) is 31.0 Å². The second kappa shape index (κ2) is 9.92. The molecule has 1 aromatic heterocycles. The third kappa shape index (κ3) is 5.60. The standard InChI is InChI=1S/C21H19N3O7/c1-28-20-11-14(12-22-23-15-4-6-16(7-5-15)24(26)27)3-9-18(20)30-13-17-8-10-19(31-17)21(25)29-2/h3-12,23H,13H2,1-2H3/b22-12+. The number of furan rings is 1. The van der Waals surface area contributed by atoms with Crippen LogP contribution in [-0.4, -0.2) is 31.3 Å². The summed E-state index contributed by atoms with van der Waals surface area (Å²) in [6.07, 6.45) is 1.57. The first-order valence-electron chi connectivity index (χ1n) is 9.01. The van der Waals surface area contributed by atoms with Gasteiger partial charge >= 0.3 is 5.97 Å². The molecule has 0 aliphatic carbocycles. The maximum atomic E-state index is 11.4. The fourth-order valence-electron chi connectivity index (χ4n) is 2.54. The molecule has 0 atom stereocenters. The Labute approximate surface area is 177 Å². The predicted octanol–water partition coefficient (Wildman–Crippen LogP) is 4.01. The number of non-ortho nitro benzene ring substituents is 1. The van der Waals surface area contributed by atoms with Crippen LogP contribution < -0.4 is 14.9 Å². The zero-order chi connectivity index (χ0) is 22.2. The molecule has 0 saturated heterocycles. The van der Waals surface area contributed by atoms with E-state index in [1.807, 2.05) is 0 Å². The third-order valence-corrected chi connectivity index (χ3v) is 4.09. The highest BCUT2D eigenvalue weighted by molar-refractivity contribution is 5.86. The van der Waals surface area contributed by atoms with E-state index in [4.69, 9.17) is 13.9 Å². The topological polar surface area (TPSA) is 125 Å². The lowest BCUT2D eigenvalue weighted by Gasteiger charge is -2.10. The number of hydrazone groups is 1. The minimum absolute atomic E-state index is 0.00548. The highest BCUT2D eigenvalue weighted by Gasteiger charge is 2.12. The number of nitrogens with one attached hydrogen (secondary N) is 1. The Balaban J connectivity index is 1.61. The Morgan fingerprint density at radius 3 is 2.58 bits per heavy atom. The number of ether oxygens (including phenoxy) is 3. The highest BCUT2D eigenvalue weighted by Crippen LogP contribution is 2.28. The summed E-state index contributed by atoms with van der Waals surface area (Å²) in [5.74, 6) is 0.966. The molecular formula is C21H19N3O7. The number of hydrogen-bond acceptors (Lipinski definition) is 9. The van der Waals surface area contributed by atoms with Crippen LogP contribution in [0.3, 0.4) is 0 Å². The van der Waals surface area contributed by atoms with E-state index >= 15 is 0 Å². The number of carbonyl (C=O) groups excluding carboxylic acids is 1. The monoisotopic (exact) mass is 425 g/mol. The molecule has 160 valence electrons. The minimum Gasteiger partial charge on any atom is -0.493 e. The van der Waals surface area contributed by atoms with Gasteiger partial charge in [-0.1, -0.05) is 0 Å². The molecule has 0 saturated carbocycles. The number of rotatable bonds is 9. The molecule has 0 amide bonds. The number of nitrogens with zero attached hydrogens (tertiary/aromatic N) is 2. The lowest BCUT2D eigenvalue weighted by Crippen LogP contribution is -2.00. The first-order valence-corrected chi connectivity index (χ1v) is 9.01. The quantitative estimate of drug-likeness (QED) is 0.236. The number of esters is 1. The van der Waals surface area contributed by atoms with Crippen LogP contribution >= 0.6 is 0 Å². The second-order valence-corrected chi connectivity index (χ2v) is 6.13. The predicted molar refractivity (Wildman–Crippen MR) is 112 cm³/mol. The number of nitro benzene ring substituents is 1. The van der Waals surface area contributed by atoms with E-state index in [0.717, 1.165) is 5.56 Å². The summed E-state index contributed by atoms with van der Waals surface area (Å²) in [4.78, 5) is 21.6. The molecule has 31 heavy (non-hydrogen) atoms. The van der Waals surface area contributed by atoms with Gasteiger partial charge in [0.1, 0.15) is 12.4 Å². The molecule has 0 aliphatic rings. The Morgan fingerprint density at radius 2 is 1.90 bits per heavy atom. The highest BCUT2D eigenvalue weighted by atomic mass is 16.6. The minimum atomic E-state index is -0.560. The van der Waals surface area contributed by atoms with Gasteiger partial charge in [0.25, 0.3) is 5.69 Å². The van der Waals surface area contributed by atoms with Crippen LogP contribution in [0, 0.1) is 10.1 Å². The molecule has 0 aliphatic heterocycles. The van der Waals surface area contributed by atoms with Crippen molar-refractivity contribution in [2.24, 2.45) is 5.10 Å². The van der Waals surface area contributed by atoms with Crippen LogP contribution in [0.15, 0.2) is 64.1 Å². The van der Waals surface area contributed by atoms with Crippen LogP contribution in [0.5, 0.6) is 11.5 Å². The summed E-state index contributed by atoms with van der Waals surface area (Å²) >= 11 is 0. The fourth-order valence-corrected chi connectivity index (χ4v) is 2.54. The summed E-state index contributed by atoms with van der Waals surface area (Å²) in [6.45, 7) is 0.0997. The summed E-state index contributed by atoms with van der Waals surface area (Å²) in [5, 5.41) is 14.8. The Hall–Kier alpha value is -4.34. The average Bonchev–Trinajstić information content (AvgIpc) is 3.27. The van der Waals surface area contributed by atoms with Crippen molar-refractivity contribution in [3.8, 4) is 11.5 Å². The zero-order valence-electron chi connectivity index (χ0n) is 16.7. The fraction of sp³-hybridized carbons (Fsp3) is 0.143. The second-order valence-electron chi connectivity index (χ2n) is 6.13. The third-order valence-electron chi connectivity index (χ3n) is 4.09. The molecule has 1 heterocycles. The van der Waals surface area contributed by atoms with E-state index in [0.29, 0.717) is 22.9 Å². The van der Waals surface area contributed by atoms with Crippen molar-refractivity contribution >= 4 is 23.6 Å². The molecule has 1 N–H and O–H groups in total. The van der Waals surface area contributed by atoms with E-state index in [1.165, 1.54) is 32.4 Å². The lowest BCUT2D eigenvalue weighted by molar-refractivity contribution is -0.384. The van der Waals surface area contributed by atoms with Gasteiger partial charge < -0.3 is 18.6 Å². The largest absolute Gasteiger partial charge is 0.493 e. The molecular weight excluding hydrogens is 406 g/mol. The Kier molecular flexibility index (Phi) is 6.84. The van der Waals surface area contributed by atoms with Crippen LogP contribution in [0.1, 0.15) is 21.9 Å². The van der Waals surface area contributed by atoms with Crippen LogP contribution in [0.4, 0.5) is 11.4 Å². The van der Waals surface area contributed by atoms with Crippen molar-refractivity contribution in [2.45, 2.75) is 6.61 Å². The normalized spacial score (nSPS) is 10.6. The molecule has 3 aromatic rings. The van der Waals surface area contributed by atoms with Crippen molar-refractivity contribution in [3.63, 3.8) is 0 Å². The summed E-state index contributed by atoms with van der Waals surface area (Å²) in [7, 11) is 2.79. The maximum absolute atomic E-state index is 11.4. The van der Waals surface area contributed by atoms with Crippen LogP contribution in [0.2, 0.25) is 0 Å².